The summed E-state index contributed by atoms with van der Waals surface area (Å²) >= 11 is 14.7. The van der Waals surface area contributed by atoms with E-state index in [9.17, 15) is 5.11 Å². The van der Waals surface area contributed by atoms with Crippen molar-refractivity contribution in [2.45, 2.75) is 0 Å². The predicted molar refractivity (Wildman–Crippen MR) is 69.5 cm³/mol. The number of nitrogens with one attached hydrogen (secondary N) is 1. The Hall–Kier alpha value is 0.760. The fourth-order valence-corrected chi connectivity index (χ4v) is 1.94. The molecule has 1 heterocycles. The number of hydrogen-bond acceptors (Lipinski definition) is 4. The zero-order valence-corrected chi connectivity index (χ0v) is 16.4. The van der Waals surface area contributed by atoms with E-state index >= 15 is 0 Å². The van der Waals surface area contributed by atoms with Crippen molar-refractivity contribution in [1.82, 2.24) is 9.55 Å². The number of imidazole rings is 1. The Balaban J connectivity index is 0.00000144. The minimum atomic E-state index is -0.295. The Bertz CT molecular complexity index is 595. The first-order chi connectivity index (χ1) is 7.61. The van der Waals surface area contributed by atoms with Crippen LogP contribution in [0.15, 0.2) is 30.3 Å². The minimum absolute atomic E-state index is 0. The predicted octanol–water partition coefficient (Wildman–Crippen LogP) is -4.16. The van der Waals surface area contributed by atoms with Crippen molar-refractivity contribution < 1.29 is 64.2 Å². The monoisotopic (exact) mass is 312 g/mol. The standard InChI is InChI=1S/C10H8N2OS3.2Na/c13-8-7(9(14)15)11-10(16)12(8)6-4-2-1-3-5-6;;/h1-5,13H,(H,11,16)(H,14,15);;/q;2*+1/p-2. The Morgan fingerprint density at radius 1 is 1.22 bits per heavy atom. The molecular weight excluding hydrogens is 306 g/mol. The Labute approximate surface area is 165 Å². The maximum atomic E-state index is 11.9. The molecule has 0 radical (unpaired) electrons. The van der Waals surface area contributed by atoms with Crippen LogP contribution in [-0.2, 0) is 12.6 Å². The average Bonchev–Trinajstić information content (AvgIpc) is 2.56. The van der Waals surface area contributed by atoms with E-state index in [0.29, 0.717) is 10.5 Å². The number of H-pyrrole nitrogens is 1. The van der Waals surface area contributed by atoms with Crippen LogP contribution in [0.5, 0.6) is 5.88 Å². The van der Waals surface area contributed by atoms with Gasteiger partial charge in [-0.3, -0.25) is 4.57 Å². The maximum Gasteiger partial charge on any atom is 1.00 e. The van der Waals surface area contributed by atoms with Crippen LogP contribution in [0.3, 0.4) is 0 Å². The van der Waals surface area contributed by atoms with E-state index in [1.165, 1.54) is 4.57 Å². The normalized spacial score (nSPS) is 9.11. The molecule has 1 N–H and O–H groups in total. The van der Waals surface area contributed by atoms with Gasteiger partial charge in [-0.2, -0.15) is 0 Å². The maximum absolute atomic E-state index is 11.9. The van der Waals surface area contributed by atoms with Gasteiger partial charge in [-0.1, -0.05) is 18.2 Å². The quantitative estimate of drug-likeness (QED) is 0.347. The van der Waals surface area contributed by atoms with Gasteiger partial charge in [0.25, 0.3) is 0 Å². The molecule has 0 saturated carbocycles. The number of rotatable bonds is 2. The third-order valence-corrected chi connectivity index (χ3v) is 2.76. The summed E-state index contributed by atoms with van der Waals surface area (Å²) in [5.41, 5.74) is 0.908. The van der Waals surface area contributed by atoms with Crippen LogP contribution in [0, 0.1) is 4.77 Å². The van der Waals surface area contributed by atoms with E-state index in [2.05, 4.69) is 4.98 Å². The van der Waals surface area contributed by atoms with E-state index in [0.717, 1.165) is 0 Å². The number of benzene rings is 1. The van der Waals surface area contributed by atoms with Crippen molar-refractivity contribution in [1.29, 1.82) is 0 Å². The fourth-order valence-electron chi connectivity index (χ4n) is 1.37. The minimum Gasteiger partial charge on any atom is -0.858 e. The number of nitrogens with zero attached hydrogens (tertiary/aromatic N) is 1. The molecule has 0 spiro atoms. The number of thiocarbonyl (C=S) groups is 1. The number of aromatic amines is 1. The topological polar surface area (TPSA) is 43.8 Å². The number of hydrogen-bond donors (Lipinski definition) is 1. The van der Waals surface area contributed by atoms with Gasteiger partial charge in [-0.15, -0.1) is 4.20 Å². The summed E-state index contributed by atoms with van der Waals surface area (Å²) in [5, 5.41) is 11.9. The smallest absolute Gasteiger partial charge is 0.858 e. The molecule has 0 bridgehead atoms. The molecule has 2 rings (SSSR count). The third kappa shape index (κ3) is 3.88. The molecule has 0 amide bonds. The number of aromatic nitrogens is 2. The molecular formula is C10H6N2Na2OS3. The van der Waals surface area contributed by atoms with Crippen molar-refractivity contribution in [2.75, 3.05) is 0 Å². The molecule has 82 valence electrons. The molecule has 0 aliphatic heterocycles. The summed E-state index contributed by atoms with van der Waals surface area (Å²) < 4.78 is 1.78. The van der Waals surface area contributed by atoms with Crippen molar-refractivity contribution in [3.05, 3.63) is 40.8 Å². The average molecular weight is 312 g/mol. The molecule has 1 aromatic carbocycles. The first kappa shape index (κ1) is 18.8. The molecule has 0 fully saturated rings. The van der Waals surface area contributed by atoms with Crippen LogP contribution in [0.25, 0.3) is 5.69 Å². The van der Waals surface area contributed by atoms with Crippen LogP contribution in [0.2, 0.25) is 0 Å². The summed E-state index contributed by atoms with van der Waals surface area (Å²) in [6.07, 6.45) is 0. The summed E-state index contributed by atoms with van der Waals surface area (Å²) in [7, 11) is 0. The molecule has 0 unspecified atom stereocenters. The van der Waals surface area contributed by atoms with Gasteiger partial charge in [0.1, 0.15) is 0 Å². The molecule has 2 aromatic rings. The molecule has 0 aliphatic rings. The van der Waals surface area contributed by atoms with Crippen molar-refractivity contribution in [3.8, 4) is 11.6 Å². The largest absolute Gasteiger partial charge is 1.00 e. The van der Waals surface area contributed by atoms with Gasteiger partial charge < -0.3 is 34.9 Å². The van der Waals surface area contributed by atoms with Crippen molar-refractivity contribution in [3.63, 3.8) is 0 Å². The van der Waals surface area contributed by atoms with Gasteiger partial charge in [-0.25, -0.2) is 0 Å². The molecule has 18 heavy (non-hydrogen) atoms. The van der Waals surface area contributed by atoms with Gasteiger partial charge in [0.05, 0.1) is 0 Å². The molecule has 0 saturated heterocycles. The van der Waals surface area contributed by atoms with E-state index in [1.54, 1.807) is 12.1 Å². The van der Waals surface area contributed by atoms with Crippen LogP contribution < -0.4 is 64.2 Å². The summed E-state index contributed by atoms with van der Waals surface area (Å²) in [6.45, 7) is 0. The van der Waals surface area contributed by atoms with Gasteiger partial charge in [0.15, 0.2) is 4.77 Å². The first-order valence-corrected chi connectivity index (χ1v) is 5.62. The Morgan fingerprint density at radius 3 is 2.22 bits per heavy atom. The van der Waals surface area contributed by atoms with Crippen LogP contribution in [0.1, 0.15) is 5.69 Å². The molecule has 8 heteroatoms. The molecule has 0 atom stereocenters. The van der Waals surface area contributed by atoms with E-state index in [-0.39, 0.29) is 74.9 Å². The van der Waals surface area contributed by atoms with E-state index in [1.807, 2.05) is 18.2 Å². The summed E-state index contributed by atoms with van der Waals surface area (Å²) in [6, 6.07) is 9.11. The van der Waals surface area contributed by atoms with Gasteiger partial charge >= 0.3 is 59.1 Å². The first-order valence-electron chi connectivity index (χ1n) is 4.40. The van der Waals surface area contributed by atoms with E-state index < -0.39 is 0 Å². The van der Waals surface area contributed by atoms with Crippen molar-refractivity contribution in [2.24, 2.45) is 0 Å². The van der Waals surface area contributed by atoms with Crippen LogP contribution in [0.4, 0.5) is 0 Å². The Kier molecular flexibility index (Phi) is 8.48. The zero-order valence-electron chi connectivity index (χ0n) is 9.97. The molecule has 0 aliphatic carbocycles. The van der Waals surface area contributed by atoms with E-state index in [4.69, 9.17) is 37.1 Å². The SMILES string of the molecule is [Na+].[Na+].[O-]c1c(C(=S)[S-])[nH]c(=S)n1-c1ccccc1. The Morgan fingerprint density at radius 2 is 1.78 bits per heavy atom. The third-order valence-electron chi connectivity index (χ3n) is 2.07. The van der Waals surface area contributed by atoms with Gasteiger partial charge in [-0.05, 0) is 30.2 Å². The molecule has 3 nitrogen and oxygen atoms in total. The second kappa shape index (κ2) is 8.14. The van der Waals surface area contributed by atoms with Crippen LogP contribution >= 0.6 is 24.4 Å². The van der Waals surface area contributed by atoms with Crippen molar-refractivity contribution >= 4 is 41.3 Å². The van der Waals surface area contributed by atoms with Gasteiger partial charge in [0.2, 0.25) is 0 Å². The zero-order chi connectivity index (χ0) is 11.7. The molecule has 1 aromatic heterocycles. The summed E-state index contributed by atoms with van der Waals surface area (Å²) in [5.74, 6) is -0.295. The fraction of sp³-hybridized carbons (Fsp3) is 0. The van der Waals surface area contributed by atoms with Crippen LogP contribution in [-0.4, -0.2) is 13.7 Å². The van der Waals surface area contributed by atoms with Gasteiger partial charge in [0, 0.05) is 11.4 Å². The summed E-state index contributed by atoms with van der Waals surface area (Å²) in [4.78, 5) is 2.73. The second-order valence-corrected chi connectivity index (χ2v) is 4.53. The number of para-hydroxylation sites is 1. The second-order valence-electron chi connectivity index (χ2n) is 3.07.